The van der Waals surface area contributed by atoms with E-state index in [0.29, 0.717) is 43.2 Å². The van der Waals surface area contributed by atoms with Crippen molar-refractivity contribution >= 4 is 15.9 Å². The smallest absolute Gasteiger partial charge is 0.253 e. The fraction of sp³-hybridized carbons (Fsp3) is 0.409. The molecule has 1 aliphatic rings. The molecule has 1 amide bonds. The Balaban J connectivity index is 1.58. The fourth-order valence-corrected chi connectivity index (χ4v) is 4.62. The third-order valence-electron chi connectivity index (χ3n) is 5.05. The highest BCUT2D eigenvalue weighted by atomic mass is 32.2. The first-order valence-electron chi connectivity index (χ1n) is 10.0. The molecule has 2 aromatic rings. The Morgan fingerprint density at radius 1 is 0.966 bits per heavy atom. The number of hydrogen-bond donors (Lipinski definition) is 0. The second-order valence-corrected chi connectivity index (χ2v) is 9.17. The van der Waals surface area contributed by atoms with Crippen LogP contribution in [0.15, 0.2) is 53.4 Å². The third-order valence-corrected chi connectivity index (χ3v) is 6.97. The van der Waals surface area contributed by atoms with Crippen molar-refractivity contribution in [1.82, 2.24) is 9.21 Å². The van der Waals surface area contributed by atoms with Crippen LogP contribution >= 0.6 is 0 Å². The number of carbonyl (C=O) groups is 1. The van der Waals surface area contributed by atoms with Gasteiger partial charge in [0.05, 0.1) is 11.5 Å². The molecule has 6 nitrogen and oxygen atoms in total. The molecule has 0 N–H and O–H groups in total. The average Bonchev–Trinajstić information content (AvgIpc) is 2.74. The summed E-state index contributed by atoms with van der Waals surface area (Å²) in [7, 11) is -3.53. The summed E-state index contributed by atoms with van der Waals surface area (Å²) in [5.41, 5.74) is 1.60. The molecule has 0 spiro atoms. The van der Waals surface area contributed by atoms with E-state index in [9.17, 15) is 13.2 Å². The summed E-state index contributed by atoms with van der Waals surface area (Å²) in [6, 6.07) is 14.0. The molecule has 0 unspecified atom stereocenters. The van der Waals surface area contributed by atoms with Crippen molar-refractivity contribution in [2.24, 2.45) is 0 Å². The molecule has 0 atom stereocenters. The second-order valence-electron chi connectivity index (χ2n) is 7.24. The van der Waals surface area contributed by atoms with E-state index < -0.39 is 10.0 Å². The van der Waals surface area contributed by atoms with Crippen molar-refractivity contribution in [3.63, 3.8) is 0 Å². The molecule has 2 aromatic carbocycles. The summed E-state index contributed by atoms with van der Waals surface area (Å²) >= 11 is 0. The van der Waals surface area contributed by atoms with Gasteiger partial charge in [-0.05, 0) is 49.7 Å². The van der Waals surface area contributed by atoms with Gasteiger partial charge >= 0.3 is 0 Å². The van der Waals surface area contributed by atoms with E-state index in [-0.39, 0.29) is 5.91 Å². The number of sulfonamides is 1. The van der Waals surface area contributed by atoms with E-state index in [1.54, 1.807) is 53.4 Å². The molecule has 1 heterocycles. The number of carbonyl (C=O) groups excluding carboxylic acids is 1. The van der Waals surface area contributed by atoms with E-state index in [1.165, 1.54) is 4.31 Å². The summed E-state index contributed by atoms with van der Waals surface area (Å²) in [4.78, 5) is 14.7. The Hall–Kier alpha value is -2.38. The standard InChI is InChI=1S/C22H28N2O4S/c1-3-4-17-28-20-9-7-19(8-10-20)22(25)23-13-15-24(16-14-23)29(26,27)21-11-5-18(2)6-12-21/h5-12H,3-4,13-17H2,1-2H3. The van der Waals surface area contributed by atoms with Gasteiger partial charge in [-0.15, -0.1) is 0 Å². The molecular weight excluding hydrogens is 388 g/mol. The SMILES string of the molecule is CCCCOc1ccc(C(=O)N2CCN(S(=O)(=O)c3ccc(C)cc3)CC2)cc1. The van der Waals surface area contributed by atoms with Crippen LogP contribution < -0.4 is 4.74 Å². The van der Waals surface area contributed by atoms with Crippen molar-refractivity contribution in [3.05, 3.63) is 59.7 Å². The summed E-state index contributed by atoms with van der Waals surface area (Å²) in [5, 5.41) is 0. The highest BCUT2D eigenvalue weighted by Gasteiger charge is 2.30. The normalized spacial score (nSPS) is 15.3. The van der Waals surface area contributed by atoms with Gasteiger partial charge in [-0.2, -0.15) is 4.31 Å². The van der Waals surface area contributed by atoms with Crippen molar-refractivity contribution in [3.8, 4) is 5.75 Å². The number of hydrogen-bond acceptors (Lipinski definition) is 4. The Labute approximate surface area is 173 Å². The van der Waals surface area contributed by atoms with Crippen LogP contribution in [0.3, 0.4) is 0 Å². The molecule has 0 bridgehead atoms. The topological polar surface area (TPSA) is 66.9 Å². The predicted octanol–water partition coefficient (Wildman–Crippen LogP) is 3.32. The summed E-state index contributed by atoms with van der Waals surface area (Å²) < 4.78 is 32.7. The number of amides is 1. The lowest BCUT2D eigenvalue weighted by Gasteiger charge is -2.34. The van der Waals surface area contributed by atoms with Crippen molar-refractivity contribution in [1.29, 1.82) is 0 Å². The van der Waals surface area contributed by atoms with Gasteiger partial charge in [0.2, 0.25) is 10.0 Å². The number of rotatable bonds is 7. The molecule has 7 heteroatoms. The van der Waals surface area contributed by atoms with E-state index in [4.69, 9.17) is 4.74 Å². The van der Waals surface area contributed by atoms with Crippen molar-refractivity contribution in [2.75, 3.05) is 32.8 Å². The first-order valence-corrected chi connectivity index (χ1v) is 11.4. The summed E-state index contributed by atoms with van der Waals surface area (Å²) in [6.45, 7) is 6.03. The lowest BCUT2D eigenvalue weighted by atomic mass is 10.2. The molecule has 1 fully saturated rings. The van der Waals surface area contributed by atoms with E-state index >= 15 is 0 Å². The number of aryl methyl sites for hydroxylation is 1. The van der Waals surface area contributed by atoms with Gasteiger partial charge in [0, 0.05) is 31.7 Å². The minimum Gasteiger partial charge on any atom is -0.494 e. The first-order chi connectivity index (χ1) is 13.9. The molecule has 29 heavy (non-hydrogen) atoms. The number of benzene rings is 2. The zero-order valence-electron chi connectivity index (χ0n) is 17.0. The maximum absolute atomic E-state index is 12.8. The second kappa shape index (κ2) is 9.41. The fourth-order valence-electron chi connectivity index (χ4n) is 3.20. The van der Waals surface area contributed by atoms with Crippen LogP contribution in [0.5, 0.6) is 5.75 Å². The van der Waals surface area contributed by atoms with Crippen LogP contribution in [0.2, 0.25) is 0 Å². The van der Waals surface area contributed by atoms with Crippen LogP contribution in [-0.2, 0) is 10.0 Å². The van der Waals surface area contributed by atoms with Crippen molar-refractivity contribution < 1.29 is 17.9 Å². The highest BCUT2D eigenvalue weighted by molar-refractivity contribution is 7.89. The van der Waals surface area contributed by atoms with Gasteiger partial charge in [-0.3, -0.25) is 4.79 Å². The molecule has 0 aliphatic carbocycles. The Kier molecular flexibility index (Phi) is 6.92. The van der Waals surface area contributed by atoms with Crippen LogP contribution in [0.1, 0.15) is 35.7 Å². The summed E-state index contributed by atoms with van der Waals surface area (Å²) in [6.07, 6.45) is 2.07. The zero-order valence-corrected chi connectivity index (χ0v) is 17.8. The minimum absolute atomic E-state index is 0.0857. The quantitative estimate of drug-likeness (QED) is 0.650. The lowest BCUT2D eigenvalue weighted by Crippen LogP contribution is -2.50. The monoisotopic (exact) mass is 416 g/mol. The maximum Gasteiger partial charge on any atom is 0.253 e. The third kappa shape index (κ3) is 5.16. The van der Waals surface area contributed by atoms with Gasteiger partial charge in [0.1, 0.15) is 5.75 Å². The first kappa shape index (κ1) is 21.3. The molecular formula is C22H28N2O4S. The largest absolute Gasteiger partial charge is 0.494 e. The average molecular weight is 417 g/mol. The van der Waals surface area contributed by atoms with Gasteiger partial charge < -0.3 is 9.64 Å². The van der Waals surface area contributed by atoms with Gasteiger partial charge in [-0.1, -0.05) is 31.0 Å². The lowest BCUT2D eigenvalue weighted by molar-refractivity contribution is 0.0698. The number of unbranched alkanes of at least 4 members (excludes halogenated alkanes) is 1. The van der Waals surface area contributed by atoms with E-state index in [0.717, 1.165) is 24.2 Å². The molecule has 1 aliphatic heterocycles. The van der Waals surface area contributed by atoms with Crippen LogP contribution in [0, 0.1) is 6.92 Å². The number of piperazine rings is 1. The van der Waals surface area contributed by atoms with Gasteiger partial charge in [0.15, 0.2) is 0 Å². The molecule has 156 valence electrons. The summed E-state index contributed by atoms with van der Waals surface area (Å²) in [5.74, 6) is 0.668. The predicted molar refractivity (Wildman–Crippen MR) is 113 cm³/mol. The Bertz CT molecular complexity index is 916. The van der Waals surface area contributed by atoms with Crippen LogP contribution in [-0.4, -0.2) is 56.3 Å². The maximum atomic E-state index is 12.8. The van der Waals surface area contributed by atoms with Gasteiger partial charge in [-0.25, -0.2) is 8.42 Å². The molecule has 0 aromatic heterocycles. The highest BCUT2D eigenvalue weighted by Crippen LogP contribution is 2.20. The number of ether oxygens (including phenoxy) is 1. The van der Waals surface area contributed by atoms with Crippen LogP contribution in [0.25, 0.3) is 0 Å². The zero-order chi connectivity index (χ0) is 20.9. The van der Waals surface area contributed by atoms with Crippen molar-refractivity contribution in [2.45, 2.75) is 31.6 Å². The Morgan fingerprint density at radius 2 is 1.59 bits per heavy atom. The molecule has 3 rings (SSSR count). The molecule has 0 radical (unpaired) electrons. The van der Waals surface area contributed by atoms with Gasteiger partial charge in [0.25, 0.3) is 5.91 Å². The Morgan fingerprint density at radius 3 is 2.17 bits per heavy atom. The van der Waals surface area contributed by atoms with E-state index in [2.05, 4.69) is 6.92 Å². The minimum atomic E-state index is -3.53. The number of nitrogens with zero attached hydrogens (tertiary/aromatic N) is 2. The molecule has 0 saturated carbocycles. The van der Waals surface area contributed by atoms with Crippen LogP contribution in [0.4, 0.5) is 0 Å². The molecule has 1 saturated heterocycles. The van der Waals surface area contributed by atoms with E-state index in [1.807, 2.05) is 6.92 Å².